The van der Waals surface area contributed by atoms with Crippen molar-refractivity contribution in [1.82, 2.24) is 19.7 Å². The van der Waals surface area contributed by atoms with Crippen molar-refractivity contribution in [3.63, 3.8) is 0 Å². The Labute approximate surface area is 317 Å². The molecule has 54 heavy (non-hydrogen) atoms. The highest BCUT2D eigenvalue weighted by molar-refractivity contribution is 6.05. The molecule has 4 aromatic carbocycles. The molecule has 2 aliphatic heterocycles. The molecule has 1 saturated heterocycles. The van der Waals surface area contributed by atoms with Crippen LogP contribution < -0.4 is 19.7 Å². The summed E-state index contributed by atoms with van der Waals surface area (Å²) in [5.41, 5.74) is 8.29. The van der Waals surface area contributed by atoms with Gasteiger partial charge < -0.3 is 29.0 Å². The monoisotopic (exact) mass is 725 g/mol. The fraction of sp³-hybridized carbons (Fsp3) is 0.378. The first kappa shape index (κ1) is 35.7. The molecule has 2 aliphatic rings. The second-order valence-electron chi connectivity index (χ2n) is 14.4. The molecule has 280 valence electrons. The van der Waals surface area contributed by atoms with Crippen molar-refractivity contribution >= 4 is 33.3 Å². The van der Waals surface area contributed by atoms with Crippen LogP contribution in [0.5, 0.6) is 11.5 Å². The van der Waals surface area contributed by atoms with Gasteiger partial charge in [-0.15, -0.1) is 0 Å². The number of rotatable bonds is 11. The standard InChI is InChI=1S/C45H51N5O4/c1-3-52-45(51)44-37(18-12-30-53-41-20-10-14-32-13-7-8-15-35(32)41)36-16-11-17-38-42-39(31-54-34-23-21-33(22-24-34)49-28-25-46-26-29-49)47-48(2)40(42)19-6-4-5-9-27-50(44)43(36)38/h7-8,10-11,13-17,20-24,46H,3-6,9,12,18-19,25-31H2,1-2H3. The van der Waals surface area contributed by atoms with Gasteiger partial charge in [0.15, 0.2) is 0 Å². The quantitative estimate of drug-likeness (QED) is 0.106. The summed E-state index contributed by atoms with van der Waals surface area (Å²) in [6.07, 6.45) is 6.64. The lowest BCUT2D eigenvalue weighted by molar-refractivity contribution is 0.0512. The van der Waals surface area contributed by atoms with Gasteiger partial charge in [0, 0.05) is 73.1 Å². The van der Waals surface area contributed by atoms with Gasteiger partial charge in [0.25, 0.3) is 0 Å². The first-order chi connectivity index (χ1) is 26.6. The van der Waals surface area contributed by atoms with E-state index in [1.807, 2.05) is 35.9 Å². The highest BCUT2D eigenvalue weighted by Gasteiger charge is 2.28. The van der Waals surface area contributed by atoms with Crippen LogP contribution in [0.25, 0.3) is 32.8 Å². The van der Waals surface area contributed by atoms with Crippen LogP contribution >= 0.6 is 0 Å². The Kier molecular flexibility index (Phi) is 10.8. The van der Waals surface area contributed by atoms with Gasteiger partial charge in [0.05, 0.1) is 18.7 Å². The summed E-state index contributed by atoms with van der Waals surface area (Å²) < 4.78 is 22.9. The number of aryl methyl sites for hydroxylation is 3. The fourth-order valence-electron chi connectivity index (χ4n) is 8.41. The molecule has 6 aromatic rings. The van der Waals surface area contributed by atoms with Crippen LogP contribution in [0.3, 0.4) is 0 Å². The average molecular weight is 726 g/mol. The predicted molar refractivity (Wildman–Crippen MR) is 216 cm³/mol. The molecule has 0 aliphatic carbocycles. The molecule has 0 amide bonds. The SMILES string of the molecule is CCOC(=O)c1c(CCCOc2cccc3ccccc23)c2cccc3c2n1CCCCCCc1c-3c(COc2ccc(N3CCNCC3)cc2)nn1C. The fourth-order valence-corrected chi connectivity index (χ4v) is 8.41. The minimum Gasteiger partial charge on any atom is -0.493 e. The van der Waals surface area contributed by atoms with Crippen molar-refractivity contribution in [2.45, 2.75) is 65.0 Å². The number of carbonyl (C=O) groups is 1. The van der Waals surface area contributed by atoms with Crippen LogP contribution in [0.1, 0.15) is 66.5 Å². The Hall–Kier alpha value is -5.28. The van der Waals surface area contributed by atoms with Gasteiger partial charge in [0.2, 0.25) is 0 Å². The first-order valence-electron chi connectivity index (χ1n) is 19.8. The number of fused-ring (bicyclic) bond motifs is 3. The second kappa shape index (κ2) is 16.4. The smallest absolute Gasteiger partial charge is 0.355 e. The molecule has 9 heteroatoms. The highest BCUT2D eigenvalue weighted by atomic mass is 16.5. The zero-order chi connectivity index (χ0) is 36.9. The van der Waals surface area contributed by atoms with Gasteiger partial charge in [-0.3, -0.25) is 4.68 Å². The Morgan fingerprint density at radius 2 is 1.61 bits per heavy atom. The molecule has 0 unspecified atom stereocenters. The third-order valence-corrected chi connectivity index (χ3v) is 11.0. The van der Waals surface area contributed by atoms with Gasteiger partial charge in [0.1, 0.15) is 29.5 Å². The molecule has 0 radical (unpaired) electrons. The number of carbonyl (C=O) groups excluding carboxylic acids is 1. The topological polar surface area (TPSA) is 82.8 Å². The zero-order valence-electron chi connectivity index (χ0n) is 31.6. The Balaban J connectivity index is 1.14. The van der Waals surface area contributed by atoms with E-state index in [4.69, 9.17) is 19.3 Å². The van der Waals surface area contributed by atoms with E-state index in [0.717, 1.165) is 127 Å². The molecular weight excluding hydrogens is 675 g/mol. The average Bonchev–Trinajstić information content (AvgIpc) is 3.69. The summed E-state index contributed by atoms with van der Waals surface area (Å²) in [6.45, 7) is 7.84. The molecular formula is C45H51N5O4. The van der Waals surface area contributed by atoms with Crippen LogP contribution in [-0.2, 0) is 37.8 Å². The summed E-state index contributed by atoms with van der Waals surface area (Å²) in [7, 11) is 2.05. The largest absolute Gasteiger partial charge is 0.493 e. The van der Waals surface area contributed by atoms with Crippen LogP contribution in [0.2, 0.25) is 0 Å². The number of anilines is 1. The number of benzene rings is 4. The molecule has 1 fully saturated rings. The van der Waals surface area contributed by atoms with E-state index in [0.29, 0.717) is 31.9 Å². The highest BCUT2D eigenvalue weighted by Crippen LogP contribution is 2.40. The Bertz CT molecular complexity index is 2230. The molecule has 8 rings (SSSR count). The van der Waals surface area contributed by atoms with Gasteiger partial charge in [-0.25, -0.2) is 4.79 Å². The summed E-state index contributed by atoms with van der Waals surface area (Å²) in [5, 5.41) is 11.9. The zero-order valence-corrected chi connectivity index (χ0v) is 31.6. The number of aromatic nitrogens is 3. The normalized spacial score (nSPS) is 14.8. The lowest BCUT2D eigenvalue weighted by Gasteiger charge is -2.29. The lowest BCUT2D eigenvalue weighted by atomic mass is 9.96. The van der Waals surface area contributed by atoms with E-state index in [1.165, 1.54) is 11.4 Å². The first-order valence-corrected chi connectivity index (χ1v) is 19.8. The molecule has 1 N–H and O–H groups in total. The number of hydrogen-bond acceptors (Lipinski definition) is 7. The van der Waals surface area contributed by atoms with E-state index >= 15 is 0 Å². The Morgan fingerprint density at radius 1 is 0.833 bits per heavy atom. The van der Waals surface area contributed by atoms with Crippen molar-refractivity contribution in [3.05, 3.63) is 108 Å². The van der Waals surface area contributed by atoms with E-state index in [1.54, 1.807) is 0 Å². The minimum atomic E-state index is -0.265. The van der Waals surface area contributed by atoms with E-state index in [-0.39, 0.29) is 5.97 Å². The molecule has 9 nitrogen and oxygen atoms in total. The number of para-hydroxylation sites is 1. The summed E-state index contributed by atoms with van der Waals surface area (Å²) >= 11 is 0. The van der Waals surface area contributed by atoms with Gasteiger partial charge in [-0.2, -0.15) is 5.10 Å². The summed E-state index contributed by atoms with van der Waals surface area (Å²) in [4.78, 5) is 16.4. The van der Waals surface area contributed by atoms with Crippen LogP contribution in [0, 0.1) is 0 Å². The number of ether oxygens (including phenoxy) is 3. The maximum atomic E-state index is 14.0. The van der Waals surface area contributed by atoms with Crippen molar-refractivity contribution < 1.29 is 19.0 Å². The lowest BCUT2D eigenvalue weighted by Crippen LogP contribution is -2.43. The maximum absolute atomic E-state index is 14.0. The van der Waals surface area contributed by atoms with Crippen LogP contribution in [0.15, 0.2) is 84.9 Å². The predicted octanol–water partition coefficient (Wildman–Crippen LogP) is 8.49. The van der Waals surface area contributed by atoms with Crippen molar-refractivity contribution in [1.29, 1.82) is 0 Å². The molecule has 0 spiro atoms. The molecule has 4 heterocycles. The molecule has 0 saturated carbocycles. The van der Waals surface area contributed by atoms with Gasteiger partial charge in [-0.05, 0) is 80.3 Å². The molecule has 0 atom stereocenters. The van der Waals surface area contributed by atoms with E-state index < -0.39 is 0 Å². The Morgan fingerprint density at radius 3 is 2.46 bits per heavy atom. The van der Waals surface area contributed by atoms with E-state index in [9.17, 15) is 4.79 Å². The van der Waals surface area contributed by atoms with Gasteiger partial charge >= 0.3 is 5.97 Å². The molecule has 0 bridgehead atoms. The number of esters is 1. The number of nitrogens with zero attached hydrogens (tertiary/aromatic N) is 4. The minimum absolute atomic E-state index is 0.265. The third-order valence-electron chi connectivity index (χ3n) is 11.0. The van der Waals surface area contributed by atoms with Crippen molar-refractivity contribution in [2.75, 3.05) is 44.3 Å². The third kappa shape index (κ3) is 7.29. The maximum Gasteiger partial charge on any atom is 0.355 e. The summed E-state index contributed by atoms with van der Waals surface area (Å²) in [6, 6.07) is 29.4. The molecule has 2 aromatic heterocycles. The van der Waals surface area contributed by atoms with Crippen LogP contribution in [-0.4, -0.2) is 59.7 Å². The van der Waals surface area contributed by atoms with E-state index in [2.05, 4.69) is 82.5 Å². The summed E-state index contributed by atoms with van der Waals surface area (Å²) in [5.74, 6) is 1.44. The van der Waals surface area contributed by atoms with Gasteiger partial charge in [-0.1, -0.05) is 67.4 Å². The second-order valence-corrected chi connectivity index (χ2v) is 14.4. The number of hydrogen-bond donors (Lipinski definition) is 1. The van der Waals surface area contributed by atoms with Crippen LogP contribution in [0.4, 0.5) is 5.69 Å². The van der Waals surface area contributed by atoms with Crippen molar-refractivity contribution in [2.24, 2.45) is 7.05 Å². The number of piperazine rings is 1. The number of nitrogens with one attached hydrogen (secondary N) is 1. The van der Waals surface area contributed by atoms with Crippen molar-refractivity contribution in [3.8, 4) is 22.6 Å².